The van der Waals surface area contributed by atoms with Crippen molar-refractivity contribution >= 4 is 40.8 Å². The number of rotatable bonds is 7. The van der Waals surface area contributed by atoms with Gasteiger partial charge in [-0.1, -0.05) is 23.2 Å². The summed E-state index contributed by atoms with van der Waals surface area (Å²) in [6.07, 6.45) is -0.0915. The van der Waals surface area contributed by atoms with E-state index in [1.54, 1.807) is 0 Å². The van der Waals surface area contributed by atoms with Crippen LogP contribution in [0.2, 0.25) is 10.0 Å². The van der Waals surface area contributed by atoms with Crippen LogP contribution in [0.15, 0.2) is 12.1 Å². The van der Waals surface area contributed by atoms with Crippen molar-refractivity contribution in [3.63, 3.8) is 0 Å². The number of benzene rings is 1. The van der Waals surface area contributed by atoms with Gasteiger partial charge in [-0.2, -0.15) is 0 Å². The largest absolute Gasteiger partial charge is 0.489 e. The molecule has 1 amide bonds. The summed E-state index contributed by atoms with van der Waals surface area (Å²) >= 11 is 12.0. The molecule has 116 valence electrons. The van der Waals surface area contributed by atoms with Crippen LogP contribution in [0.3, 0.4) is 0 Å². The normalized spacial score (nSPS) is 10.5. The predicted molar refractivity (Wildman–Crippen MR) is 79.3 cm³/mol. The maximum Gasteiger partial charge on any atom is 0.329 e. The summed E-state index contributed by atoms with van der Waals surface area (Å²) in [5, 5.41) is 11.5. The number of halogens is 2. The molecule has 0 aromatic heterocycles. The molecule has 1 aromatic carbocycles. The van der Waals surface area contributed by atoms with Gasteiger partial charge in [0.25, 0.3) is 0 Å². The van der Waals surface area contributed by atoms with Gasteiger partial charge < -0.3 is 19.9 Å². The van der Waals surface area contributed by atoms with Gasteiger partial charge in [0.05, 0.1) is 21.8 Å². The van der Waals surface area contributed by atoms with Gasteiger partial charge in [-0.25, -0.2) is 4.79 Å². The third kappa shape index (κ3) is 6.20. The number of amides is 1. The summed E-state index contributed by atoms with van der Waals surface area (Å²) in [7, 11) is 0. The molecule has 0 saturated carbocycles. The lowest BCUT2D eigenvalue weighted by atomic mass is 10.3. The second kappa shape index (κ2) is 8.07. The van der Waals surface area contributed by atoms with Gasteiger partial charge in [0.1, 0.15) is 19.0 Å². The molecule has 1 rings (SSSR count). The van der Waals surface area contributed by atoms with E-state index in [4.69, 9.17) is 33.0 Å². The molecule has 1 aromatic rings. The van der Waals surface area contributed by atoms with Crippen LogP contribution in [0.1, 0.15) is 13.8 Å². The van der Waals surface area contributed by atoms with Crippen molar-refractivity contribution in [1.29, 1.82) is 0 Å². The Morgan fingerprint density at radius 1 is 1.24 bits per heavy atom. The van der Waals surface area contributed by atoms with Crippen molar-refractivity contribution < 1.29 is 24.2 Å². The molecule has 0 unspecified atom stereocenters. The van der Waals surface area contributed by atoms with E-state index in [0.29, 0.717) is 16.5 Å². The zero-order valence-corrected chi connectivity index (χ0v) is 13.0. The Balaban J connectivity index is 2.73. The van der Waals surface area contributed by atoms with Crippen molar-refractivity contribution in [3.05, 3.63) is 22.2 Å². The van der Waals surface area contributed by atoms with Crippen LogP contribution >= 0.6 is 23.2 Å². The molecule has 0 bridgehead atoms. The van der Waals surface area contributed by atoms with Crippen LogP contribution < -0.4 is 10.1 Å². The SMILES string of the molecule is CC(C)Oc1cc(NC(=O)COCC(=O)O)c(Cl)cc1Cl. The van der Waals surface area contributed by atoms with Crippen LogP contribution in [0.25, 0.3) is 0 Å². The fraction of sp³-hybridized carbons (Fsp3) is 0.385. The topological polar surface area (TPSA) is 84.9 Å². The highest BCUT2D eigenvalue weighted by molar-refractivity contribution is 6.37. The van der Waals surface area contributed by atoms with Crippen molar-refractivity contribution in [1.82, 2.24) is 0 Å². The number of nitrogens with one attached hydrogen (secondary N) is 1. The summed E-state index contributed by atoms with van der Waals surface area (Å²) in [6.45, 7) is 2.72. The Morgan fingerprint density at radius 3 is 2.48 bits per heavy atom. The van der Waals surface area contributed by atoms with Crippen LogP contribution in [-0.2, 0) is 14.3 Å². The molecular formula is C13H15Cl2NO5. The lowest BCUT2D eigenvalue weighted by molar-refractivity contribution is -0.143. The summed E-state index contributed by atoms with van der Waals surface area (Å²) in [5.74, 6) is -1.30. The minimum atomic E-state index is -1.15. The number of hydrogen-bond acceptors (Lipinski definition) is 4. The van der Waals surface area contributed by atoms with E-state index in [2.05, 4.69) is 10.1 Å². The highest BCUT2D eigenvalue weighted by Gasteiger charge is 2.12. The Hall–Kier alpha value is -1.50. The standard InChI is InChI=1S/C13H15Cl2NO5/c1-7(2)21-11-4-10(8(14)3-9(11)15)16-12(17)5-20-6-13(18)19/h3-4,7H,5-6H2,1-2H3,(H,16,17)(H,18,19). The number of hydrogen-bond donors (Lipinski definition) is 2. The smallest absolute Gasteiger partial charge is 0.329 e. The molecular weight excluding hydrogens is 321 g/mol. The minimum absolute atomic E-state index is 0.0915. The van der Waals surface area contributed by atoms with Gasteiger partial charge in [0.15, 0.2) is 0 Å². The number of carboxylic acids is 1. The predicted octanol–water partition coefficient (Wildman–Crippen LogP) is 2.82. The van der Waals surface area contributed by atoms with E-state index in [9.17, 15) is 9.59 Å². The lowest BCUT2D eigenvalue weighted by Gasteiger charge is -2.14. The maximum absolute atomic E-state index is 11.6. The van der Waals surface area contributed by atoms with Gasteiger partial charge in [-0.15, -0.1) is 0 Å². The molecule has 0 heterocycles. The van der Waals surface area contributed by atoms with Gasteiger partial charge in [0, 0.05) is 6.07 Å². The zero-order chi connectivity index (χ0) is 16.0. The molecule has 0 aliphatic rings. The zero-order valence-electron chi connectivity index (χ0n) is 11.5. The summed E-state index contributed by atoms with van der Waals surface area (Å²) in [4.78, 5) is 21.9. The Kier molecular flexibility index (Phi) is 6.74. The van der Waals surface area contributed by atoms with E-state index < -0.39 is 25.1 Å². The molecule has 0 fully saturated rings. The Morgan fingerprint density at radius 2 is 1.90 bits per heavy atom. The lowest BCUT2D eigenvalue weighted by Crippen LogP contribution is -2.21. The number of anilines is 1. The van der Waals surface area contributed by atoms with Gasteiger partial charge in [-0.05, 0) is 19.9 Å². The molecule has 0 aliphatic heterocycles. The van der Waals surface area contributed by atoms with Crippen LogP contribution in [0.4, 0.5) is 5.69 Å². The van der Waals surface area contributed by atoms with Crippen LogP contribution in [0.5, 0.6) is 5.75 Å². The third-order valence-corrected chi connectivity index (χ3v) is 2.73. The van der Waals surface area contributed by atoms with Gasteiger partial charge in [0.2, 0.25) is 5.91 Å². The molecule has 0 radical (unpaired) electrons. The molecule has 0 aliphatic carbocycles. The van der Waals surface area contributed by atoms with Crippen LogP contribution in [0, 0.1) is 0 Å². The second-order valence-corrected chi connectivity index (χ2v) is 5.18. The van der Waals surface area contributed by atoms with E-state index in [1.807, 2.05) is 13.8 Å². The van der Waals surface area contributed by atoms with Crippen molar-refractivity contribution in [2.24, 2.45) is 0 Å². The molecule has 21 heavy (non-hydrogen) atoms. The quantitative estimate of drug-likeness (QED) is 0.800. The highest BCUT2D eigenvalue weighted by Crippen LogP contribution is 2.34. The summed E-state index contributed by atoms with van der Waals surface area (Å²) in [5.41, 5.74) is 0.306. The second-order valence-electron chi connectivity index (χ2n) is 4.36. The summed E-state index contributed by atoms with van der Waals surface area (Å²) in [6, 6.07) is 2.95. The average Bonchev–Trinajstić information content (AvgIpc) is 2.34. The third-order valence-electron chi connectivity index (χ3n) is 2.12. The molecule has 6 nitrogen and oxygen atoms in total. The first-order valence-corrected chi connectivity index (χ1v) is 6.80. The monoisotopic (exact) mass is 335 g/mol. The van der Waals surface area contributed by atoms with E-state index in [-0.39, 0.29) is 11.1 Å². The molecule has 0 saturated heterocycles. The maximum atomic E-state index is 11.6. The fourth-order valence-electron chi connectivity index (χ4n) is 1.39. The number of carbonyl (C=O) groups is 2. The first kappa shape index (κ1) is 17.6. The number of ether oxygens (including phenoxy) is 2. The average molecular weight is 336 g/mol. The van der Waals surface area contributed by atoms with E-state index in [0.717, 1.165) is 0 Å². The summed E-state index contributed by atoms with van der Waals surface area (Å²) < 4.78 is 10.2. The van der Waals surface area contributed by atoms with Crippen LogP contribution in [-0.4, -0.2) is 36.3 Å². The van der Waals surface area contributed by atoms with Crippen molar-refractivity contribution in [2.45, 2.75) is 20.0 Å². The number of carboxylic acid groups (broad SMARTS) is 1. The van der Waals surface area contributed by atoms with Crippen molar-refractivity contribution in [3.8, 4) is 5.75 Å². The first-order chi connectivity index (χ1) is 9.79. The fourth-order valence-corrected chi connectivity index (χ4v) is 1.86. The van der Waals surface area contributed by atoms with Gasteiger partial charge in [-0.3, -0.25) is 4.79 Å². The Bertz CT molecular complexity index is 534. The van der Waals surface area contributed by atoms with E-state index >= 15 is 0 Å². The first-order valence-electron chi connectivity index (χ1n) is 6.04. The Labute approximate surface area is 131 Å². The minimum Gasteiger partial charge on any atom is -0.489 e. The number of carbonyl (C=O) groups excluding carboxylic acids is 1. The van der Waals surface area contributed by atoms with Gasteiger partial charge >= 0.3 is 5.97 Å². The molecule has 2 N–H and O–H groups in total. The molecule has 0 spiro atoms. The molecule has 8 heteroatoms. The van der Waals surface area contributed by atoms with E-state index in [1.165, 1.54) is 12.1 Å². The van der Waals surface area contributed by atoms with Crippen molar-refractivity contribution in [2.75, 3.05) is 18.5 Å². The highest BCUT2D eigenvalue weighted by atomic mass is 35.5. The number of aliphatic carboxylic acids is 1. The molecule has 0 atom stereocenters.